The number of nitrogens with one attached hydrogen (secondary N) is 1. The van der Waals surface area contributed by atoms with Gasteiger partial charge in [-0.25, -0.2) is 4.79 Å². The molecule has 0 unspecified atom stereocenters. The largest absolute Gasteiger partial charge is 0.465 e. The van der Waals surface area contributed by atoms with Gasteiger partial charge in [0.1, 0.15) is 0 Å². The molecule has 0 radical (unpaired) electrons. The van der Waals surface area contributed by atoms with E-state index < -0.39 is 6.09 Å². The second kappa shape index (κ2) is 5.54. The Morgan fingerprint density at radius 3 is 1.38 bits per heavy atom. The van der Waals surface area contributed by atoms with E-state index in [0.29, 0.717) is 0 Å². The lowest BCUT2D eigenvalue weighted by atomic mass is 11.1. The first kappa shape index (κ1) is 9.74. The van der Waals surface area contributed by atoms with Crippen LogP contribution in [0.5, 0.6) is 0 Å². The highest BCUT2D eigenvalue weighted by atomic mass is 16.4. The van der Waals surface area contributed by atoms with Gasteiger partial charge >= 0.3 is 6.09 Å². The van der Waals surface area contributed by atoms with Crippen LogP contribution in [-0.2, 0) is 0 Å². The molecule has 0 aliphatic carbocycles. The van der Waals surface area contributed by atoms with Gasteiger partial charge in [0.2, 0.25) is 0 Å². The van der Waals surface area contributed by atoms with Crippen molar-refractivity contribution in [3.05, 3.63) is 0 Å². The second-order valence-corrected chi connectivity index (χ2v) is 0.794. The minimum Gasteiger partial charge on any atom is -0.465 e. The third kappa shape index (κ3) is 26.7. The van der Waals surface area contributed by atoms with E-state index in [1.54, 1.807) is 0 Å². The molecule has 0 saturated heterocycles. The molecule has 0 heterocycles. The van der Waals surface area contributed by atoms with Gasteiger partial charge in [0.15, 0.2) is 5.96 Å². The molecule has 0 bridgehead atoms. The van der Waals surface area contributed by atoms with Crippen LogP contribution in [0.1, 0.15) is 0 Å². The number of hydrogen-bond acceptors (Lipinski definition) is 2. The molecule has 48 valence electrons. The van der Waals surface area contributed by atoms with Crippen LogP contribution >= 0.6 is 0 Å². The molecule has 0 atom stereocenters. The van der Waals surface area contributed by atoms with Gasteiger partial charge in [0.25, 0.3) is 0 Å². The fourth-order valence-corrected chi connectivity index (χ4v) is 0. The minimum absolute atomic E-state index is 0.333. The standard InChI is InChI=1S/CH5N3.CH3NO2/c2*2-1(3)4/h(H5,2,3,4);2H2,(H,3,4). The molecule has 0 aliphatic heterocycles. The van der Waals surface area contributed by atoms with Crippen molar-refractivity contribution in [3.8, 4) is 0 Å². The van der Waals surface area contributed by atoms with Crippen LogP contribution < -0.4 is 17.2 Å². The van der Waals surface area contributed by atoms with Crippen LogP contribution in [0.3, 0.4) is 0 Å². The monoisotopic (exact) mass is 120 g/mol. The molecule has 0 rings (SSSR count). The Balaban J connectivity index is 0. The molecule has 0 aromatic heterocycles. The van der Waals surface area contributed by atoms with Crippen molar-refractivity contribution in [1.82, 2.24) is 0 Å². The summed E-state index contributed by atoms with van der Waals surface area (Å²) in [6.07, 6.45) is -1.33. The number of amides is 1. The first-order chi connectivity index (χ1) is 3.46. The number of rotatable bonds is 0. The summed E-state index contributed by atoms with van der Waals surface area (Å²) >= 11 is 0. The summed E-state index contributed by atoms with van der Waals surface area (Å²) in [5, 5.41) is 13.2. The second-order valence-electron chi connectivity index (χ2n) is 0.794. The molecular weight excluding hydrogens is 112 g/mol. The van der Waals surface area contributed by atoms with E-state index in [-0.39, 0.29) is 5.96 Å². The van der Waals surface area contributed by atoms with E-state index in [1.165, 1.54) is 0 Å². The van der Waals surface area contributed by atoms with Crippen molar-refractivity contribution in [3.63, 3.8) is 0 Å². The molecule has 0 saturated carbocycles. The summed E-state index contributed by atoms with van der Waals surface area (Å²) in [5.41, 5.74) is 13.0. The number of primary amides is 1. The number of carbonyl (C=O) groups is 1. The Morgan fingerprint density at radius 2 is 1.38 bits per heavy atom. The zero-order chi connectivity index (χ0) is 7.15. The van der Waals surface area contributed by atoms with Gasteiger partial charge in [-0.1, -0.05) is 0 Å². The third-order valence-electron chi connectivity index (χ3n) is 0. The molecule has 0 fully saturated rings. The number of hydrogen-bond donors (Lipinski definition) is 5. The van der Waals surface area contributed by atoms with Crippen LogP contribution in [0.25, 0.3) is 0 Å². The predicted octanol–water partition coefficient (Wildman–Crippen LogP) is -1.54. The lowest BCUT2D eigenvalue weighted by molar-refractivity contribution is 0.205. The highest BCUT2D eigenvalue weighted by Crippen LogP contribution is 1.34. The zero-order valence-corrected chi connectivity index (χ0v) is 4.09. The predicted molar refractivity (Wildman–Crippen MR) is 28.3 cm³/mol. The maximum atomic E-state index is 8.78. The molecule has 8 heavy (non-hydrogen) atoms. The van der Waals surface area contributed by atoms with E-state index in [1.807, 2.05) is 0 Å². The van der Waals surface area contributed by atoms with E-state index in [4.69, 9.17) is 15.3 Å². The SMILES string of the molecule is N=C(N)N.NC(=O)O. The minimum atomic E-state index is -1.33. The summed E-state index contributed by atoms with van der Waals surface area (Å²) < 4.78 is 0. The molecular formula is C2H8N4O2. The van der Waals surface area contributed by atoms with Crippen molar-refractivity contribution >= 4 is 12.1 Å². The molecule has 6 heteroatoms. The van der Waals surface area contributed by atoms with Gasteiger partial charge < -0.3 is 22.3 Å². The Kier molecular flexibility index (Phi) is 6.74. The van der Waals surface area contributed by atoms with Crippen LogP contribution in [0.2, 0.25) is 0 Å². The summed E-state index contributed by atoms with van der Waals surface area (Å²) in [5.74, 6) is -0.333. The summed E-state index contributed by atoms with van der Waals surface area (Å²) in [4.78, 5) is 8.78. The Hall–Kier alpha value is -1.46. The zero-order valence-electron chi connectivity index (χ0n) is 4.09. The fourth-order valence-electron chi connectivity index (χ4n) is 0. The quantitative estimate of drug-likeness (QED) is 0.195. The molecule has 0 aromatic rings. The van der Waals surface area contributed by atoms with E-state index >= 15 is 0 Å². The molecule has 0 aromatic carbocycles. The molecule has 0 spiro atoms. The van der Waals surface area contributed by atoms with Crippen LogP contribution in [0.4, 0.5) is 4.79 Å². The lowest BCUT2D eigenvalue weighted by Gasteiger charge is -1.69. The van der Waals surface area contributed by atoms with Gasteiger partial charge in [0.05, 0.1) is 0 Å². The molecule has 6 nitrogen and oxygen atoms in total. The Bertz CT molecular complexity index is 70.0. The lowest BCUT2D eigenvalue weighted by Crippen LogP contribution is -2.20. The third-order valence-corrected chi connectivity index (χ3v) is 0. The Morgan fingerprint density at radius 1 is 1.38 bits per heavy atom. The van der Waals surface area contributed by atoms with Gasteiger partial charge in [-0.2, -0.15) is 0 Å². The van der Waals surface area contributed by atoms with Crippen LogP contribution in [-0.4, -0.2) is 17.2 Å². The van der Waals surface area contributed by atoms with Crippen molar-refractivity contribution in [1.29, 1.82) is 5.41 Å². The average molecular weight is 120 g/mol. The van der Waals surface area contributed by atoms with Crippen LogP contribution in [0.15, 0.2) is 0 Å². The fraction of sp³-hybridized carbons (Fsp3) is 0. The maximum absolute atomic E-state index is 8.78. The first-order valence-electron chi connectivity index (χ1n) is 1.54. The molecule has 0 aliphatic rings. The highest BCUT2D eigenvalue weighted by molar-refractivity contribution is 5.71. The van der Waals surface area contributed by atoms with Crippen molar-refractivity contribution in [2.45, 2.75) is 0 Å². The number of nitrogens with two attached hydrogens (primary N) is 3. The van der Waals surface area contributed by atoms with Crippen LogP contribution in [0, 0.1) is 5.41 Å². The van der Waals surface area contributed by atoms with E-state index in [9.17, 15) is 0 Å². The smallest absolute Gasteiger partial charge is 0.402 e. The highest BCUT2D eigenvalue weighted by Gasteiger charge is 1.65. The van der Waals surface area contributed by atoms with E-state index in [0.717, 1.165) is 0 Å². The first-order valence-corrected chi connectivity index (χ1v) is 1.54. The number of carboxylic acid groups (broad SMARTS) is 1. The topological polar surface area (TPSA) is 139 Å². The van der Waals surface area contributed by atoms with Gasteiger partial charge in [-0.3, -0.25) is 5.41 Å². The summed E-state index contributed by atoms with van der Waals surface area (Å²) in [7, 11) is 0. The normalized spacial score (nSPS) is 6.00. The maximum Gasteiger partial charge on any atom is 0.402 e. The van der Waals surface area contributed by atoms with Crippen molar-refractivity contribution < 1.29 is 9.90 Å². The summed E-state index contributed by atoms with van der Waals surface area (Å²) in [6, 6.07) is 0. The summed E-state index contributed by atoms with van der Waals surface area (Å²) in [6.45, 7) is 0. The number of guanidine groups is 1. The average Bonchev–Trinajstić information content (AvgIpc) is 1.25. The van der Waals surface area contributed by atoms with Gasteiger partial charge in [0, 0.05) is 0 Å². The molecule has 1 amide bonds. The Labute approximate surface area is 45.8 Å². The van der Waals surface area contributed by atoms with E-state index in [2.05, 4.69) is 17.2 Å². The van der Waals surface area contributed by atoms with Crippen molar-refractivity contribution in [2.24, 2.45) is 17.2 Å². The molecule has 8 N–H and O–H groups in total. The van der Waals surface area contributed by atoms with Gasteiger partial charge in [-0.05, 0) is 0 Å². The van der Waals surface area contributed by atoms with Gasteiger partial charge in [-0.15, -0.1) is 0 Å². The van der Waals surface area contributed by atoms with Crippen molar-refractivity contribution in [2.75, 3.05) is 0 Å².